The van der Waals surface area contributed by atoms with Gasteiger partial charge in [-0.15, -0.1) is 0 Å². The van der Waals surface area contributed by atoms with Crippen molar-refractivity contribution in [1.29, 1.82) is 0 Å². The Kier molecular flexibility index (Phi) is 27.5. The second-order valence-electron chi connectivity index (χ2n) is 2.75. The van der Waals surface area contributed by atoms with E-state index in [0.717, 1.165) is 6.42 Å². The van der Waals surface area contributed by atoms with E-state index in [2.05, 4.69) is 34.6 Å². The third kappa shape index (κ3) is 36.4. The smallest absolute Gasteiger partial charge is 0.343 e. The Morgan fingerprint density at radius 1 is 1.18 bits per heavy atom. The normalized spacial score (nSPS) is 10.6. The maximum atomic E-state index is 3.83. The van der Waals surface area contributed by atoms with Crippen LogP contribution in [0.5, 0.6) is 0 Å². The summed E-state index contributed by atoms with van der Waals surface area (Å²) in [5.74, 6) is 0.648. The molecule has 0 nitrogen and oxygen atoms in total. The molecule has 0 heterocycles. The molecule has 0 aliphatic heterocycles. The zero-order chi connectivity index (χ0) is 8.41. The Morgan fingerprint density at radius 3 is 1.55 bits per heavy atom. The summed E-state index contributed by atoms with van der Waals surface area (Å²) >= 11 is 0. The second kappa shape index (κ2) is 17.0. The summed E-state index contributed by atoms with van der Waals surface area (Å²) in [7, 11) is 0. The summed E-state index contributed by atoms with van der Waals surface area (Å²) in [4.78, 5) is 0. The van der Waals surface area contributed by atoms with Crippen LogP contribution in [0.3, 0.4) is 0 Å². The third-order valence-corrected chi connectivity index (χ3v) is 1.14. The van der Waals surface area contributed by atoms with Crippen LogP contribution in [-0.2, 0) is 0 Å². The summed E-state index contributed by atoms with van der Waals surface area (Å²) in [5, 5.41) is 0. The standard InChI is InChI=1S/C6H13.C4H9.Mg/c1-4-5-6(2)3;1-3-4-2;/h6H,2,4-5H2,1,3H3;1,3-4H2,2H3;/q2*-1;+2. The van der Waals surface area contributed by atoms with Crippen molar-refractivity contribution in [3.8, 4) is 0 Å². The van der Waals surface area contributed by atoms with Crippen molar-refractivity contribution in [2.24, 2.45) is 5.92 Å². The molecule has 1 unspecified atom stereocenters. The topological polar surface area (TPSA) is 0 Å². The van der Waals surface area contributed by atoms with E-state index in [0.29, 0.717) is 5.92 Å². The Labute approximate surface area is 89.3 Å². The molecule has 11 heavy (non-hydrogen) atoms. The van der Waals surface area contributed by atoms with E-state index in [1.165, 1.54) is 19.3 Å². The average Bonchev–Trinajstić information content (AvgIpc) is 1.89. The molecule has 1 atom stereocenters. The molecule has 0 aromatic rings. The molecule has 0 rings (SSSR count). The fourth-order valence-electron chi connectivity index (χ4n) is 0.493. The molecule has 0 aliphatic carbocycles. The molecule has 64 valence electrons. The molecule has 0 radical (unpaired) electrons. The third-order valence-electron chi connectivity index (χ3n) is 1.14. The number of hydrogen-bond acceptors (Lipinski definition) is 0. The fraction of sp³-hybridized carbons (Fsp3) is 0.800. The summed E-state index contributed by atoms with van der Waals surface area (Å²) in [6.45, 7) is 13.9. The molecule has 0 saturated carbocycles. The number of unbranched alkanes of at least 4 members (excludes halogenated alkanes) is 1. The quantitative estimate of drug-likeness (QED) is 0.445. The van der Waals surface area contributed by atoms with Gasteiger partial charge in [-0.1, -0.05) is 40.0 Å². The van der Waals surface area contributed by atoms with E-state index in [4.69, 9.17) is 0 Å². The molecule has 1 heteroatoms. The molecular weight excluding hydrogens is 144 g/mol. The van der Waals surface area contributed by atoms with Gasteiger partial charge in [0.2, 0.25) is 0 Å². The predicted molar refractivity (Wildman–Crippen MR) is 55.4 cm³/mol. The molecule has 0 aromatic heterocycles. The van der Waals surface area contributed by atoms with Crippen molar-refractivity contribution in [2.45, 2.75) is 46.5 Å². The van der Waals surface area contributed by atoms with Gasteiger partial charge in [-0.05, 0) is 0 Å². The second-order valence-corrected chi connectivity index (χ2v) is 2.75. The average molecular weight is 167 g/mol. The molecule has 0 bridgehead atoms. The minimum absolute atomic E-state index is 0. The summed E-state index contributed by atoms with van der Waals surface area (Å²) < 4.78 is 0. The van der Waals surface area contributed by atoms with Crippen molar-refractivity contribution >= 4 is 23.1 Å². The Bertz CT molecular complexity index is 40.1. The number of hydrogen-bond donors (Lipinski definition) is 0. The van der Waals surface area contributed by atoms with Gasteiger partial charge in [0.05, 0.1) is 0 Å². The zero-order valence-corrected chi connectivity index (χ0v) is 9.94. The predicted octanol–water partition coefficient (Wildman–Crippen LogP) is 3.50. The first-order chi connectivity index (χ1) is 4.68. The molecule has 0 N–H and O–H groups in total. The van der Waals surface area contributed by atoms with Crippen LogP contribution in [0.2, 0.25) is 0 Å². The summed E-state index contributed by atoms with van der Waals surface area (Å²) in [6.07, 6.45) is 4.81. The van der Waals surface area contributed by atoms with Crippen LogP contribution in [0.1, 0.15) is 46.5 Å². The maximum Gasteiger partial charge on any atom is 2.00 e. The van der Waals surface area contributed by atoms with Crippen LogP contribution < -0.4 is 0 Å². The van der Waals surface area contributed by atoms with Crippen molar-refractivity contribution in [1.82, 2.24) is 0 Å². The van der Waals surface area contributed by atoms with E-state index in [1.54, 1.807) is 0 Å². The van der Waals surface area contributed by atoms with Gasteiger partial charge in [-0.2, -0.15) is 12.3 Å². The van der Waals surface area contributed by atoms with Crippen molar-refractivity contribution in [3.63, 3.8) is 0 Å². The van der Waals surface area contributed by atoms with Crippen molar-refractivity contribution < 1.29 is 0 Å². The largest absolute Gasteiger partial charge is 2.00 e. The minimum atomic E-state index is 0. The minimum Gasteiger partial charge on any atom is -0.343 e. The summed E-state index contributed by atoms with van der Waals surface area (Å²) in [6, 6.07) is 0. The first kappa shape index (κ1) is 17.7. The van der Waals surface area contributed by atoms with Gasteiger partial charge in [-0.25, -0.2) is 0 Å². The number of rotatable bonds is 3. The molecule has 0 fully saturated rings. The van der Waals surface area contributed by atoms with E-state index in [9.17, 15) is 0 Å². The van der Waals surface area contributed by atoms with Gasteiger partial charge in [0.1, 0.15) is 0 Å². The van der Waals surface area contributed by atoms with Crippen LogP contribution in [0.15, 0.2) is 0 Å². The Balaban J connectivity index is -0.000000114. The Hall–Kier alpha value is 0.766. The van der Waals surface area contributed by atoms with Crippen LogP contribution in [0.4, 0.5) is 0 Å². The van der Waals surface area contributed by atoms with Gasteiger partial charge in [0.15, 0.2) is 0 Å². The SMILES string of the molecule is [CH2-]C(C)CCC.[CH2-]CCC.[Mg+2]. The van der Waals surface area contributed by atoms with Crippen LogP contribution in [-0.4, -0.2) is 23.1 Å². The molecule has 0 aliphatic rings. The van der Waals surface area contributed by atoms with E-state index < -0.39 is 0 Å². The molecule has 0 aromatic carbocycles. The molecule has 0 saturated heterocycles. The van der Waals surface area contributed by atoms with Crippen molar-refractivity contribution in [2.75, 3.05) is 0 Å². The zero-order valence-electron chi connectivity index (χ0n) is 8.53. The van der Waals surface area contributed by atoms with Gasteiger partial charge < -0.3 is 13.8 Å². The first-order valence-electron chi connectivity index (χ1n) is 4.31. The first-order valence-corrected chi connectivity index (χ1v) is 4.31. The van der Waals surface area contributed by atoms with Crippen LogP contribution >= 0.6 is 0 Å². The maximum absolute atomic E-state index is 3.83. The van der Waals surface area contributed by atoms with Gasteiger partial charge in [0.25, 0.3) is 0 Å². The van der Waals surface area contributed by atoms with Gasteiger partial charge in [0, 0.05) is 0 Å². The van der Waals surface area contributed by atoms with E-state index in [1.807, 2.05) is 0 Å². The van der Waals surface area contributed by atoms with Crippen LogP contribution in [0.25, 0.3) is 0 Å². The van der Waals surface area contributed by atoms with E-state index in [-0.39, 0.29) is 23.1 Å². The van der Waals surface area contributed by atoms with Crippen molar-refractivity contribution in [3.05, 3.63) is 13.8 Å². The van der Waals surface area contributed by atoms with Gasteiger partial charge in [-0.3, -0.25) is 0 Å². The van der Waals surface area contributed by atoms with E-state index >= 15 is 0 Å². The summed E-state index contributed by atoms with van der Waals surface area (Å²) in [5.41, 5.74) is 0. The monoisotopic (exact) mass is 166 g/mol. The van der Waals surface area contributed by atoms with Crippen LogP contribution in [0, 0.1) is 19.8 Å². The fourth-order valence-corrected chi connectivity index (χ4v) is 0.493. The molecule has 0 amide bonds. The van der Waals surface area contributed by atoms with Gasteiger partial charge >= 0.3 is 23.1 Å². The Morgan fingerprint density at radius 2 is 1.55 bits per heavy atom. The molecule has 0 spiro atoms. The molecular formula is C10H22Mg.